The van der Waals surface area contributed by atoms with Crippen molar-refractivity contribution in [2.24, 2.45) is 0 Å². The number of hydrogen-bond donors (Lipinski definition) is 0. The van der Waals surface area contributed by atoms with Crippen LogP contribution in [-0.4, -0.2) is 15.5 Å². The normalized spacial score (nSPS) is 12.2. The molecule has 0 aliphatic rings. The van der Waals surface area contributed by atoms with Gasteiger partial charge in [-0.05, 0) is 35.0 Å². The average molecular weight is 337 g/mol. The third-order valence-corrected chi connectivity index (χ3v) is 2.88. The van der Waals surface area contributed by atoms with Gasteiger partial charge in [0.05, 0.1) is 14.2 Å². The molecule has 1 unspecified atom stereocenters. The Morgan fingerprint density at radius 3 is 2.60 bits per heavy atom. The predicted molar refractivity (Wildman–Crippen MR) is 63.5 cm³/mol. The molecule has 0 spiro atoms. The van der Waals surface area contributed by atoms with Gasteiger partial charge in [-0.25, -0.2) is 0 Å². The summed E-state index contributed by atoms with van der Waals surface area (Å²) in [5, 5.41) is 10.6. The van der Waals surface area contributed by atoms with Gasteiger partial charge in [0.25, 0.3) is 5.69 Å². The molecule has 0 saturated carbocycles. The molecule has 1 aromatic rings. The average Bonchev–Trinajstić information content (AvgIpc) is 2.16. The highest BCUT2D eigenvalue weighted by Gasteiger charge is 2.18. The van der Waals surface area contributed by atoms with Crippen molar-refractivity contribution in [3.63, 3.8) is 0 Å². The van der Waals surface area contributed by atoms with E-state index in [1.165, 1.54) is 12.1 Å². The zero-order chi connectivity index (χ0) is 11.6. The molecular formula is C9H7Br2NO3. The van der Waals surface area contributed by atoms with E-state index in [0.717, 1.165) is 0 Å². The number of ketones is 1. The van der Waals surface area contributed by atoms with Crippen LogP contribution in [0.25, 0.3) is 0 Å². The number of nitrogens with zero attached hydrogens (tertiary/aromatic N) is 1. The Hall–Kier alpha value is -0.750. The number of rotatable bonds is 3. The van der Waals surface area contributed by atoms with E-state index >= 15 is 0 Å². The second-order valence-corrected chi connectivity index (χ2v) is 5.13. The van der Waals surface area contributed by atoms with E-state index < -0.39 is 4.92 Å². The summed E-state index contributed by atoms with van der Waals surface area (Å²) in [6.07, 6.45) is 0. The van der Waals surface area contributed by atoms with Crippen LogP contribution in [0.3, 0.4) is 0 Å². The van der Waals surface area contributed by atoms with Crippen LogP contribution in [0.5, 0.6) is 0 Å². The van der Waals surface area contributed by atoms with E-state index in [4.69, 9.17) is 0 Å². The number of benzene rings is 1. The van der Waals surface area contributed by atoms with Crippen molar-refractivity contribution in [3.05, 3.63) is 38.3 Å². The minimum atomic E-state index is -0.528. The number of carbonyl (C=O) groups is 1. The second-order valence-electron chi connectivity index (χ2n) is 2.90. The van der Waals surface area contributed by atoms with Gasteiger partial charge in [-0.2, -0.15) is 0 Å². The van der Waals surface area contributed by atoms with Gasteiger partial charge in [0.15, 0.2) is 5.78 Å². The van der Waals surface area contributed by atoms with Crippen molar-refractivity contribution in [3.8, 4) is 0 Å². The Kier molecular flexibility index (Phi) is 3.98. The smallest absolute Gasteiger partial charge is 0.284 e. The van der Waals surface area contributed by atoms with E-state index in [2.05, 4.69) is 31.9 Å². The summed E-state index contributed by atoms with van der Waals surface area (Å²) in [5.41, 5.74) is 0.225. The Balaban J connectivity index is 3.19. The van der Waals surface area contributed by atoms with E-state index in [1.807, 2.05) is 0 Å². The summed E-state index contributed by atoms with van der Waals surface area (Å²) >= 11 is 6.18. The van der Waals surface area contributed by atoms with Crippen molar-refractivity contribution < 1.29 is 9.72 Å². The van der Waals surface area contributed by atoms with Crippen LogP contribution in [0.2, 0.25) is 0 Å². The molecule has 0 aromatic heterocycles. The number of nitro benzene ring substituents is 1. The molecule has 80 valence electrons. The Morgan fingerprint density at radius 1 is 1.53 bits per heavy atom. The van der Waals surface area contributed by atoms with E-state index in [0.29, 0.717) is 10.0 Å². The minimum Gasteiger partial charge on any atom is -0.293 e. The van der Waals surface area contributed by atoms with E-state index in [1.54, 1.807) is 13.0 Å². The molecule has 0 amide bonds. The zero-order valence-corrected chi connectivity index (χ0v) is 10.9. The fourth-order valence-corrected chi connectivity index (χ4v) is 1.69. The van der Waals surface area contributed by atoms with Gasteiger partial charge < -0.3 is 0 Å². The minimum absolute atomic E-state index is 0.103. The highest BCUT2D eigenvalue weighted by Crippen LogP contribution is 2.26. The molecule has 0 heterocycles. The molecule has 0 saturated heterocycles. The van der Waals surface area contributed by atoms with Gasteiger partial charge in [-0.15, -0.1) is 0 Å². The van der Waals surface area contributed by atoms with Crippen LogP contribution in [0, 0.1) is 10.1 Å². The lowest BCUT2D eigenvalue weighted by Gasteiger charge is -2.03. The second kappa shape index (κ2) is 4.85. The summed E-state index contributed by atoms with van der Waals surface area (Å²) in [5.74, 6) is -0.175. The first-order valence-corrected chi connectivity index (χ1v) is 5.76. The number of halogens is 2. The Labute approximate surface area is 103 Å². The molecule has 4 nitrogen and oxygen atoms in total. The molecule has 0 N–H and O–H groups in total. The molecule has 1 atom stereocenters. The number of hydrogen-bond acceptors (Lipinski definition) is 3. The number of alkyl halides is 1. The fourth-order valence-electron chi connectivity index (χ4n) is 1.04. The molecule has 0 radical (unpaired) electrons. The van der Waals surface area contributed by atoms with Gasteiger partial charge in [0.1, 0.15) is 0 Å². The van der Waals surface area contributed by atoms with Gasteiger partial charge in [-0.1, -0.05) is 15.9 Å². The van der Waals surface area contributed by atoms with Crippen LogP contribution in [0.4, 0.5) is 5.69 Å². The number of nitro groups is 1. The summed E-state index contributed by atoms with van der Waals surface area (Å²) < 4.78 is 0.367. The SMILES string of the molecule is CC(Br)C(=O)c1ccc(Br)c([N+](=O)[O-])c1. The highest BCUT2D eigenvalue weighted by molar-refractivity contribution is 9.10. The van der Waals surface area contributed by atoms with Crippen molar-refractivity contribution in [2.75, 3.05) is 0 Å². The van der Waals surface area contributed by atoms with Crippen LogP contribution in [-0.2, 0) is 0 Å². The zero-order valence-electron chi connectivity index (χ0n) is 7.74. The molecule has 15 heavy (non-hydrogen) atoms. The molecule has 0 fully saturated rings. The van der Waals surface area contributed by atoms with Crippen molar-refractivity contribution in [1.29, 1.82) is 0 Å². The van der Waals surface area contributed by atoms with Gasteiger partial charge in [0.2, 0.25) is 0 Å². The van der Waals surface area contributed by atoms with Crippen LogP contribution < -0.4 is 0 Å². The van der Waals surface area contributed by atoms with Crippen molar-refractivity contribution >= 4 is 43.3 Å². The van der Waals surface area contributed by atoms with Gasteiger partial charge in [-0.3, -0.25) is 14.9 Å². The van der Waals surface area contributed by atoms with Crippen molar-refractivity contribution in [2.45, 2.75) is 11.8 Å². The standard InChI is InChI=1S/C9H7Br2NO3/c1-5(10)9(13)6-2-3-7(11)8(4-6)12(14)15/h2-5H,1H3. The lowest BCUT2D eigenvalue weighted by Crippen LogP contribution is -2.10. The number of Topliss-reactive ketones (excluding diaryl/α,β-unsaturated/α-hetero) is 1. The third kappa shape index (κ3) is 2.85. The lowest BCUT2D eigenvalue weighted by atomic mass is 10.1. The topological polar surface area (TPSA) is 60.2 Å². The maximum absolute atomic E-state index is 11.5. The van der Waals surface area contributed by atoms with Crippen LogP contribution >= 0.6 is 31.9 Å². The first-order valence-electron chi connectivity index (χ1n) is 4.05. The first-order chi connectivity index (χ1) is 6.93. The van der Waals surface area contributed by atoms with Crippen LogP contribution in [0.15, 0.2) is 22.7 Å². The molecule has 1 aromatic carbocycles. The molecule has 0 aliphatic heterocycles. The fraction of sp³-hybridized carbons (Fsp3) is 0.222. The van der Waals surface area contributed by atoms with E-state index in [-0.39, 0.29) is 16.3 Å². The molecule has 6 heteroatoms. The van der Waals surface area contributed by atoms with Gasteiger partial charge >= 0.3 is 0 Å². The van der Waals surface area contributed by atoms with Crippen LogP contribution in [0.1, 0.15) is 17.3 Å². The third-order valence-electron chi connectivity index (χ3n) is 1.79. The maximum atomic E-state index is 11.5. The molecule has 0 aliphatic carbocycles. The summed E-state index contributed by atoms with van der Waals surface area (Å²) in [7, 11) is 0. The Morgan fingerprint density at radius 2 is 2.13 bits per heavy atom. The van der Waals surface area contributed by atoms with Gasteiger partial charge in [0, 0.05) is 11.6 Å². The van der Waals surface area contributed by atoms with Crippen molar-refractivity contribution in [1.82, 2.24) is 0 Å². The van der Waals surface area contributed by atoms with E-state index in [9.17, 15) is 14.9 Å². The maximum Gasteiger partial charge on any atom is 0.284 e. The quantitative estimate of drug-likeness (QED) is 0.368. The first kappa shape index (κ1) is 12.3. The number of carbonyl (C=O) groups excluding carboxylic acids is 1. The monoisotopic (exact) mass is 335 g/mol. The Bertz CT molecular complexity index is 418. The molecule has 0 bridgehead atoms. The molecular weight excluding hydrogens is 330 g/mol. The molecule has 1 rings (SSSR count). The summed E-state index contributed by atoms with van der Waals surface area (Å²) in [4.78, 5) is 21.3. The lowest BCUT2D eigenvalue weighted by molar-refractivity contribution is -0.385. The largest absolute Gasteiger partial charge is 0.293 e. The summed E-state index contributed by atoms with van der Waals surface area (Å²) in [6.45, 7) is 1.68. The highest BCUT2D eigenvalue weighted by atomic mass is 79.9. The predicted octanol–water partition coefficient (Wildman–Crippen LogP) is 3.32. The summed E-state index contributed by atoms with van der Waals surface area (Å²) in [6, 6.07) is 4.32.